The first kappa shape index (κ1) is 7.31. The Bertz CT molecular complexity index is 281. The second-order valence-corrected chi connectivity index (χ2v) is 2.22. The highest BCUT2D eigenvalue weighted by molar-refractivity contribution is 6.31. The summed E-state index contributed by atoms with van der Waals surface area (Å²) in [7, 11) is 0. The average molecular weight is 159 g/mol. The summed E-state index contributed by atoms with van der Waals surface area (Å²) in [5.74, 6) is 0. The van der Waals surface area contributed by atoms with E-state index in [9.17, 15) is 4.79 Å². The fraction of sp³-hybridized carbons (Fsp3) is 0.167. The zero-order valence-corrected chi connectivity index (χ0v) is 5.98. The van der Waals surface area contributed by atoms with Crippen molar-refractivity contribution in [1.82, 2.24) is 4.98 Å². The van der Waals surface area contributed by atoms with Crippen molar-refractivity contribution < 1.29 is 0 Å². The number of pyridine rings is 1. The molecule has 0 unspecified atom stereocenters. The standard InChI is InChI=1S/C6H7ClN2O/c7-6-4(3-8)9-2-1-5(6)10/h1-2H,3,8H2,(H,9,10). The zero-order valence-electron chi connectivity index (χ0n) is 5.23. The maximum Gasteiger partial charge on any atom is 0.200 e. The molecule has 0 atom stereocenters. The molecule has 4 heteroatoms. The van der Waals surface area contributed by atoms with Crippen molar-refractivity contribution in [2.75, 3.05) is 0 Å². The summed E-state index contributed by atoms with van der Waals surface area (Å²) < 4.78 is 0. The van der Waals surface area contributed by atoms with Gasteiger partial charge in [-0.2, -0.15) is 0 Å². The molecule has 1 aromatic rings. The van der Waals surface area contributed by atoms with Gasteiger partial charge in [0.2, 0.25) is 0 Å². The summed E-state index contributed by atoms with van der Waals surface area (Å²) >= 11 is 5.57. The Balaban J connectivity index is 3.28. The van der Waals surface area contributed by atoms with Crippen molar-refractivity contribution in [2.24, 2.45) is 5.73 Å². The molecular formula is C6H7ClN2O. The number of nitrogens with two attached hydrogens (primary N) is 1. The third-order valence-corrected chi connectivity index (χ3v) is 1.59. The fourth-order valence-electron chi connectivity index (χ4n) is 0.652. The molecule has 0 fully saturated rings. The minimum atomic E-state index is -0.194. The molecule has 0 aliphatic carbocycles. The van der Waals surface area contributed by atoms with E-state index in [-0.39, 0.29) is 17.0 Å². The van der Waals surface area contributed by atoms with Crippen LogP contribution in [0.1, 0.15) is 5.69 Å². The van der Waals surface area contributed by atoms with Crippen molar-refractivity contribution in [3.63, 3.8) is 0 Å². The predicted molar refractivity (Wildman–Crippen MR) is 40.0 cm³/mol. The molecule has 0 amide bonds. The van der Waals surface area contributed by atoms with Gasteiger partial charge in [-0.05, 0) is 0 Å². The van der Waals surface area contributed by atoms with Gasteiger partial charge in [-0.15, -0.1) is 0 Å². The van der Waals surface area contributed by atoms with Gasteiger partial charge in [-0.3, -0.25) is 4.79 Å². The Hall–Kier alpha value is -0.800. The van der Waals surface area contributed by atoms with Crippen molar-refractivity contribution in [2.45, 2.75) is 6.54 Å². The lowest BCUT2D eigenvalue weighted by Crippen LogP contribution is -2.08. The lowest BCUT2D eigenvalue weighted by atomic mass is 10.3. The molecule has 1 aromatic heterocycles. The van der Waals surface area contributed by atoms with E-state index in [2.05, 4.69) is 4.98 Å². The maximum atomic E-state index is 10.8. The van der Waals surface area contributed by atoms with E-state index in [1.54, 1.807) is 0 Å². The van der Waals surface area contributed by atoms with Crippen molar-refractivity contribution in [3.8, 4) is 0 Å². The number of rotatable bonds is 1. The van der Waals surface area contributed by atoms with E-state index in [1.807, 2.05) is 0 Å². The number of H-pyrrole nitrogens is 1. The van der Waals surface area contributed by atoms with Crippen LogP contribution in [0.5, 0.6) is 0 Å². The zero-order chi connectivity index (χ0) is 7.56. The van der Waals surface area contributed by atoms with E-state index in [0.29, 0.717) is 5.69 Å². The molecule has 54 valence electrons. The maximum absolute atomic E-state index is 10.8. The number of hydrogen-bond acceptors (Lipinski definition) is 2. The van der Waals surface area contributed by atoms with Crippen LogP contribution in [0.3, 0.4) is 0 Å². The molecule has 0 saturated carbocycles. The number of halogens is 1. The number of hydrogen-bond donors (Lipinski definition) is 2. The van der Waals surface area contributed by atoms with Crippen LogP contribution in [0, 0.1) is 0 Å². The van der Waals surface area contributed by atoms with Gasteiger partial charge in [0.1, 0.15) is 5.02 Å². The molecule has 10 heavy (non-hydrogen) atoms. The molecular weight excluding hydrogens is 152 g/mol. The van der Waals surface area contributed by atoms with E-state index in [1.165, 1.54) is 12.3 Å². The molecule has 1 rings (SSSR count). The molecule has 0 spiro atoms. The first-order valence-corrected chi connectivity index (χ1v) is 3.19. The Morgan fingerprint density at radius 1 is 1.70 bits per heavy atom. The number of aromatic amines is 1. The molecule has 1 heterocycles. The Labute approximate surface area is 62.8 Å². The van der Waals surface area contributed by atoms with Gasteiger partial charge in [0.15, 0.2) is 5.43 Å². The van der Waals surface area contributed by atoms with E-state index < -0.39 is 0 Å². The summed E-state index contributed by atoms with van der Waals surface area (Å²) in [5, 5.41) is 0.185. The molecule has 0 aromatic carbocycles. The second-order valence-electron chi connectivity index (χ2n) is 1.84. The topological polar surface area (TPSA) is 58.9 Å². The normalized spacial score (nSPS) is 9.80. The van der Waals surface area contributed by atoms with Gasteiger partial charge in [0.25, 0.3) is 0 Å². The highest BCUT2D eigenvalue weighted by Gasteiger charge is 1.99. The lowest BCUT2D eigenvalue weighted by molar-refractivity contribution is 0.986. The lowest BCUT2D eigenvalue weighted by Gasteiger charge is -1.96. The Kier molecular flexibility index (Phi) is 2.09. The Morgan fingerprint density at radius 2 is 2.40 bits per heavy atom. The van der Waals surface area contributed by atoms with Crippen molar-refractivity contribution in [3.05, 3.63) is 33.2 Å². The summed E-state index contributed by atoms with van der Waals surface area (Å²) in [5.41, 5.74) is 5.65. The predicted octanol–water partition coefficient (Wildman–Crippen LogP) is 0.487. The van der Waals surface area contributed by atoms with Crippen LogP contribution in [0.15, 0.2) is 17.1 Å². The van der Waals surface area contributed by atoms with Crippen LogP contribution in [-0.2, 0) is 6.54 Å². The SMILES string of the molecule is NCc1[nH]ccc(=O)c1Cl. The van der Waals surface area contributed by atoms with Gasteiger partial charge < -0.3 is 10.7 Å². The molecule has 3 nitrogen and oxygen atoms in total. The van der Waals surface area contributed by atoms with Crippen LogP contribution in [0.4, 0.5) is 0 Å². The molecule has 0 saturated heterocycles. The minimum absolute atomic E-state index is 0.185. The first-order chi connectivity index (χ1) is 4.75. The van der Waals surface area contributed by atoms with E-state index in [0.717, 1.165) is 0 Å². The first-order valence-electron chi connectivity index (χ1n) is 2.82. The van der Waals surface area contributed by atoms with Gasteiger partial charge in [-0.25, -0.2) is 0 Å². The molecule has 3 N–H and O–H groups in total. The van der Waals surface area contributed by atoms with Crippen LogP contribution >= 0.6 is 11.6 Å². The largest absolute Gasteiger partial charge is 0.362 e. The van der Waals surface area contributed by atoms with Gasteiger partial charge in [0, 0.05) is 18.8 Å². The fourth-order valence-corrected chi connectivity index (χ4v) is 0.846. The minimum Gasteiger partial charge on any atom is -0.362 e. The third kappa shape index (κ3) is 1.20. The smallest absolute Gasteiger partial charge is 0.200 e. The highest BCUT2D eigenvalue weighted by atomic mass is 35.5. The molecule has 0 aliphatic rings. The van der Waals surface area contributed by atoms with Gasteiger partial charge >= 0.3 is 0 Å². The van der Waals surface area contributed by atoms with Crippen LogP contribution in [-0.4, -0.2) is 4.98 Å². The third-order valence-electron chi connectivity index (χ3n) is 1.18. The summed E-state index contributed by atoms with van der Waals surface area (Å²) in [4.78, 5) is 13.6. The van der Waals surface area contributed by atoms with Crippen molar-refractivity contribution >= 4 is 11.6 Å². The molecule has 0 radical (unpaired) electrons. The second kappa shape index (κ2) is 2.86. The van der Waals surface area contributed by atoms with Crippen LogP contribution in [0.2, 0.25) is 5.02 Å². The molecule has 0 bridgehead atoms. The van der Waals surface area contributed by atoms with Gasteiger partial charge in [0.05, 0.1) is 5.69 Å². The summed E-state index contributed by atoms with van der Waals surface area (Å²) in [6.45, 7) is 0.259. The monoisotopic (exact) mass is 158 g/mol. The number of nitrogens with one attached hydrogen (secondary N) is 1. The van der Waals surface area contributed by atoms with Gasteiger partial charge in [-0.1, -0.05) is 11.6 Å². The Morgan fingerprint density at radius 3 is 2.90 bits per heavy atom. The van der Waals surface area contributed by atoms with E-state index in [4.69, 9.17) is 17.3 Å². The number of aromatic nitrogens is 1. The summed E-state index contributed by atoms with van der Waals surface area (Å²) in [6.07, 6.45) is 1.52. The van der Waals surface area contributed by atoms with Crippen molar-refractivity contribution in [1.29, 1.82) is 0 Å². The quantitative estimate of drug-likeness (QED) is 0.625. The highest BCUT2D eigenvalue weighted by Crippen LogP contribution is 2.04. The van der Waals surface area contributed by atoms with Crippen LogP contribution < -0.4 is 11.2 Å². The summed E-state index contributed by atoms with van der Waals surface area (Å²) in [6, 6.07) is 1.36. The average Bonchev–Trinajstić information content (AvgIpc) is 1.95. The van der Waals surface area contributed by atoms with Crippen LogP contribution in [0.25, 0.3) is 0 Å². The molecule has 0 aliphatic heterocycles. The van der Waals surface area contributed by atoms with E-state index >= 15 is 0 Å².